The molecule has 0 saturated heterocycles. The molecule has 3 aromatic carbocycles. The number of benzene rings is 3. The summed E-state index contributed by atoms with van der Waals surface area (Å²) in [6.07, 6.45) is 0. The fourth-order valence-electron chi connectivity index (χ4n) is 3.17. The molecule has 1 unspecified atom stereocenters. The number of nitro benzene ring substituents is 1. The lowest BCUT2D eigenvalue weighted by molar-refractivity contribution is -0.384. The minimum atomic E-state index is -1.17. The van der Waals surface area contributed by atoms with Gasteiger partial charge in [0, 0.05) is 0 Å². The zero-order valence-corrected chi connectivity index (χ0v) is 19.2. The number of urea groups is 1. The van der Waals surface area contributed by atoms with Gasteiger partial charge in [-0.15, -0.1) is 0 Å². The molecule has 0 aromatic heterocycles. The lowest BCUT2D eigenvalue weighted by atomic mass is 10.1. The van der Waals surface area contributed by atoms with Gasteiger partial charge in [-0.25, -0.2) is 4.79 Å². The van der Waals surface area contributed by atoms with Crippen LogP contribution >= 0.6 is 12.8 Å². The summed E-state index contributed by atoms with van der Waals surface area (Å²) in [6.45, 7) is 0. The third-order valence-corrected chi connectivity index (χ3v) is 5.24. The second kappa shape index (κ2) is 11.1. The largest absolute Gasteiger partial charge is 0.496 e. The number of methoxy groups -OCH3 is 2. The first-order chi connectivity index (χ1) is 16.3. The maximum atomic E-state index is 13.3. The van der Waals surface area contributed by atoms with Gasteiger partial charge in [-0.1, -0.05) is 55.3 Å². The number of ether oxygens (including phenoxy) is 2. The number of para-hydroxylation sites is 2. The van der Waals surface area contributed by atoms with Crippen molar-refractivity contribution in [2.45, 2.75) is 6.04 Å². The van der Waals surface area contributed by atoms with Crippen LogP contribution in [-0.2, 0) is 4.79 Å². The van der Waals surface area contributed by atoms with E-state index in [9.17, 15) is 19.7 Å². The molecule has 0 heterocycles. The lowest BCUT2D eigenvalue weighted by Crippen LogP contribution is -2.38. The SMILES string of the molecule is COc1ccc(NC(=O)N(S)C(C(=O)Nc2ccccc2OC)c2ccccc2)c([N+](=O)[O-])c1. The van der Waals surface area contributed by atoms with Crippen LogP contribution in [0, 0.1) is 10.1 Å². The van der Waals surface area contributed by atoms with Crippen LogP contribution in [0.3, 0.4) is 0 Å². The smallest absolute Gasteiger partial charge is 0.332 e. The monoisotopic (exact) mass is 482 g/mol. The third kappa shape index (κ3) is 5.56. The maximum absolute atomic E-state index is 13.3. The van der Waals surface area contributed by atoms with Crippen LogP contribution in [0.4, 0.5) is 21.9 Å². The van der Waals surface area contributed by atoms with Crippen LogP contribution in [-0.4, -0.2) is 35.4 Å². The molecule has 0 radical (unpaired) electrons. The van der Waals surface area contributed by atoms with Gasteiger partial charge in [0.1, 0.15) is 23.2 Å². The molecule has 3 rings (SSSR count). The average molecular weight is 483 g/mol. The Morgan fingerprint density at radius 3 is 2.26 bits per heavy atom. The van der Waals surface area contributed by atoms with Gasteiger partial charge in [-0.05, 0) is 29.8 Å². The fraction of sp³-hybridized carbons (Fsp3) is 0.130. The van der Waals surface area contributed by atoms with E-state index in [4.69, 9.17) is 9.47 Å². The quantitative estimate of drug-likeness (QED) is 0.244. The molecule has 0 aliphatic carbocycles. The molecule has 3 amide bonds. The number of rotatable bonds is 8. The van der Waals surface area contributed by atoms with Crippen LogP contribution in [0.1, 0.15) is 11.6 Å². The number of nitrogens with one attached hydrogen (secondary N) is 2. The van der Waals surface area contributed by atoms with Crippen molar-refractivity contribution in [1.29, 1.82) is 0 Å². The van der Waals surface area contributed by atoms with Crippen LogP contribution < -0.4 is 20.1 Å². The van der Waals surface area contributed by atoms with E-state index in [1.54, 1.807) is 54.6 Å². The number of carbonyl (C=O) groups is 2. The van der Waals surface area contributed by atoms with Gasteiger partial charge in [0.2, 0.25) is 0 Å². The zero-order valence-electron chi connectivity index (χ0n) is 18.3. The fourth-order valence-corrected chi connectivity index (χ4v) is 3.46. The minimum Gasteiger partial charge on any atom is -0.496 e. The first-order valence-electron chi connectivity index (χ1n) is 9.96. The molecule has 0 aliphatic heterocycles. The van der Waals surface area contributed by atoms with E-state index in [1.807, 2.05) is 0 Å². The summed E-state index contributed by atoms with van der Waals surface area (Å²) in [7, 11) is 2.84. The van der Waals surface area contributed by atoms with Crippen molar-refractivity contribution in [2.75, 3.05) is 24.9 Å². The minimum absolute atomic E-state index is 0.0770. The van der Waals surface area contributed by atoms with Crippen LogP contribution in [0.15, 0.2) is 72.8 Å². The van der Waals surface area contributed by atoms with E-state index in [1.165, 1.54) is 32.4 Å². The van der Waals surface area contributed by atoms with E-state index >= 15 is 0 Å². The molecule has 0 bridgehead atoms. The molecule has 3 aromatic rings. The number of nitro groups is 1. The number of nitrogens with zero attached hydrogens (tertiary/aromatic N) is 2. The molecule has 2 N–H and O–H groups in total. The molecule has 1 atom stereocenters. The van der Waals surface area contributed by atoms with Crippen LogP contribution in [0.25, 0.3) is 0 Å². The van der Waals surface area contributed by atoms with E-state index in [0.717, 1.165) is 4.31 Å². The number of hydrogen-bond acceptors (Lipinski definition) is 7. The Morgan fingerprint density at radius 1 is 0.941 bits per heavy atom. The number of anilines is 2. The van der Waals surface area contributed by atoms with Crippen molar-refractivity contribution in [3.8, 4) is 11.5 Å². The summed E-state index contributed by atoms with van der Waals surface area (Å²) in [6, 6.07) is 17.3. The Kier molecular flexibility index (Phi) is 7.93. The van der Waals surface area contributed by atoms with Crippen molar-refractivity contribution in [2.24, 2.45) is 0 Å². The van der Waals surface area contributed by atoms with Crippen molar-refractivity contribution in [1.82, 2.24) is 4.31 Å². The van der Waals surface area contributed by atoms with E-state index < -0.39 is 22.9 Å². The van der Waals surface area contributed by atoms with Crippen LogP contribution in [0.2, 0.25) is 0 Å². The molecular formula is C23H22N4O6S. The Balaban J connectivity index is 1.90. The van der Waals surface area contributed by atoms with E-state index in [-0.39, 0.29) is 17.1 Å². The Bertz CT molecular complexity index is 1190. The molecule has 0 spiro atoms. The first kappa shape index (κ1) is 24.4. The van der Waals surface area contributed by atoms with Crippen LogP contribution in [0.5, 0.6) is 11.5 Å². The second-order valence-corrected chi connectivity index (χ2v) is 7.35. The highest BCUT2D eigenvalue weighted by Gasteiger charge is 2.31. The summed E-state index contributed by atoms with van der Waals surface area (Å²) in [5.74, 6) is 0.127. The summed E-state index contributed by atoms with van der Waals surface area (Å²) in [4.78, 5) is 37.1. The first-order valence-corrected chi connectivity index (χ1v) is 10.4. The van der Waals surface area contributed by atoms with Gasteiger partial charge in [0.25, 0.3) is 11.6 Å². The molecule has 0 saturated carbocycles. The third-order valence-electron chi connectivity index (χ3n) is 4.82. The molecule has 0 aliphatic rings. The summed E-state index contributed by atoms with van der Waals surface area (Å²) in [5.41, 5.74) is 0.434. The maximum Gasteiger partial charge on any atom is 0.332 e. The molecular weight excluding hydrogens is 460 g/mol. The molecule has 34 heavy (non-hydrogen) atoms. The van der Waals surface area contributed by atoms with Crippen molar-refractivity contribution < 1.29 is 24.0 Å². The lowest BCUT2D eigenvalue weighted by Gasteiger charge is -2.26. The van der Waals surface area contributed by atoms with Gasteiger partial charge in [0.15, 0.2) is 0 Å². The Hall–Kier alpha value is -4.25. The second-order valence-electron chi connectivity index (χ2n) is 6.92. The average Bonchev–Trinajstić information content (AvgIpc) is 2.85. The highest BCUT2D eigenvalue weighted by Crippen LogP contribution is 2.32. The van der Waals surface area contributed by atoms with E-state index in [0.29, 0.717) is 17.0 Å². The topological polar surface area (TPSA) is 123 Å². The predicted molar refractivity (Wildman–Crippen MR) is 130 cm³/mol. The summed E-state index contributed by atoms with van der Waals surface area (Å²) >= 11 is 4.28. The standard InChI is InChI=1S/C23H22N4O6S/c1-32-16-12-13-17(19(14-16)27(30)31)25-23(29)26(34)21(15-8-4-3-5-9-15)22(28)24-18-10-6-7-11-20(18)33-2/h3-14,21,34H,1-2H3,(H,24,28)(H,25,29). The van der Waals surface area contributed by atoms with Gasteiger partial charge >= 0.3 is 6.03 Å². The van der Waals surface area contributed by atoms with Gasteiger partial charge in [-0.2, -0.15) is 0 Å². The van der Waals surface area contributed by atoms with Crippen molar-refractivity contribution in [3.63, 3.8) is 0 Å². The van der Waals surface area contributed by atoms with Crippen molar-refractivity contribution >= 4 is 41.8 Å². The highest BCUT2D eigenvalue weighted by atomic mass is 32.1. The number of hydrogen-bond donors (Lipinski definition) is 3. The normalized spacial score (nSPS) is 11.1. The number of amides is 3. The summed E-state index contributed by atoms with van der Waals surface area (Å²) in [5, 5.41) is 16.6. The van der Waals surface area contributed by atoms with Gasteiger partial charge in [0.05, 0.1) is 30.9 Å². The van der Waals surface area contributed by atoms with Crippen molar-refractivity contribution in [3.05, 3.63) is 88.5 Å². The molecule has 10 nitrogen and oxygen atoms in total. The van der Waals surface area contributed by atoms with Gasteiger partial charge in [-0.3, -0.25) is 19.2 Å². The number of thiol groups is 1. The predicted octanol–water partition coefficient (Wildman–Crippen LogP) is 4.67. The Labute approximate surface area is 201 Å². The summed E-state index contributed by atoms with van der Waals surface area (Å²) < 4.78 is 11.2. The molecule has 176 valence electrons. The highest BCUT2D eigenvalue weighted by molar-refractivity contribution is 7.78. The molecule has 11 heteroatoms. The van der Waals surface area contributed by atoms with E-state index in [2.05, 4.69) is 23.4 Å². The van der Waals surface area contributed by atoms with Gasteiger partial charge < -0.3 is 20.1 Å². The number of carbonyl (C=O) groups excluding carboxylic acids is 2. The zero-order chi connectivity index (χ0) is 24.7. The Morgan fingerprint density at radius 2 is 1.62 bits per heavy atom. The molecule has 0 fully saturated rings.